The van der Waals surface area contributed by atoms with E-state index in [2.05, 4.69) is 9.88 Å². The summed E-state index contributed by atoms with van der Waals surface area (Å²) < 4.78 is 13.0. The third-order valence-corrected chi connectivity index (χ3v) is 6.60. The van der Waals surface area contributed by atoms with E-state index in [0.29, 0.717) is 37.8 Å². The molecule has 0 unspecified atom stereocenters. The fraction of sp³-hybridized carbons (Fsp3) is 0.400. The van der Waals surface area contributed by atoms with Crippen molar-refractivity contribution >= 4 is 17.1 Å². The molecule has 0 atom stereocenters. The van der Waals surface area contributed by atoms with Gasteiger partial charge in [0, 0.05) is 38.8 Å². The van der Waals surface area contributed by atoms with E-state index in [4.69, 9.17) is 9.47 Å². The summed E-state index contributed by atoms with van der Waals surface area (Å²) in [6.07, 6.45) is 1.96. The molecule has 1 aromatic heterocycles. The number of fused-ring (bicyclic) bond motifs is 2. The average Bonchev–Trinajstić information content (AvgIpc) is 2.87. The number of nitrogens with zero attached hydrogens (tertiary/aromatic N) is 4. The van der Waals surface area contributed by atoms with Crippen LogP contribution in [0.3, 0.4) is 0 Å². The summed E-state index contributed by atoms with van der Waals surface area (Å²) >= 11 is 0. The van der Waals surface area contributed by atoms with Gasteiger partial charge in [0.2, 0.25) is 0 Å². The van der Waals surface area contributed by atoms with E-state index in [1.807, 2.05) is 42.5 Å². The average molecular weight is 465 g/mol. The molecule has 1 amide bonds. The first kappa shape index (κ1) is 22.2. The SMILES string of the molecule is O=C(O)N(Cc1ccc2c(c1)OCCO2)C1CCN(CCn2c(=O)cnc3ccccc32)CC1. The van der Waals surface area contributed by atoms with Gasteiger partial charge < -0.3 is 28.9 Å². The van der Waals surface area contributed by atoms with Crippen LogP contribution in [-0.4, -0.2) is 69.4 Å². The molecule has 5 rings (SSSR count). The second-order valence-electron chi connectivity index (χ2n) is 8.70. The predicted octanol–water partition coefficient (Wildman–Crippen LogP) is 2.81. The Kier molecular flexibility index (Phi) is 6.35. The number of benzene rings is 2. The highest BCUT2D eigenvalue weighted by Gasteiger charge is 2.28. The van der Waals surface area contributed by atoms with E-state index >= 15 is 0 Å². The molecule has 0 saturated carbocycles. The highest BCUT2D eigenvalue weighted by molar-refractivity contribution is 5.74. The van der Waals surface area contributed by atoms with Crippen molar-refractivity contribution in [3.63, 3.8) is 0 Å². The highest BCUT2D eigenvalue weighted by Crippen LogP contribution is 2.31. The van der Waals surface area contributed by atoms with E-state index in [9.17, 15) is 14.7 Å². The zero-order chi connectivity index (χ0) is 23.5. The Bertz CT molecular complexity index is 1240. The lowest BCUT2D eigenvalue weighted by molar-refractivity contribution is 0.0856. The largest absolute Gasteiger partial charge is 0.486 e. The van der Waals surface area contributed by atoms with Crippen molar-refractivity contribution in [2.45, 2.75) is 32.0 Å². The molecule has 178 valence electrons. The Morgan fingerprint density at radius 3 is 2.62 bits per heavy atom. The van der Waals surface area contributed by atoms with Crippen LogP contribution < -0.4 is 15.0 Å². The molecule has 0 bridgehead atoms. The molecule has 2 aliphatic heterocycles. The molecule has 1 saturated heterocycles. The zero-order valence-electron chi connectivity index (χ0n) is 18.9. The van der Waals surface area contributed by atoms with Crippen LogP contribution in [0.4, 0.5) is 4.79 Å². The first-order valence-corrected chi connectivity index (χ1v) is 11.6. The third-order valence-electron chi connectivity index (χ3n) is 6.60. The lowest BCUT2D eigenvalue weighted by Crippen LogP contribution is -2.47. The third kappa shape index (κ3) is 4.70. The molecule has 9 heteroatoms. The van der Waals surface area contributed by atoms with Crippen LogP contribution in [0.1, 0.15) is 18.4 Å². The van der Waals surface area contributed by atoms with Crippen molar-refractivity contribution in [1.29, 1.82) is 0 Å². The van der Waals surface area contributed by atoms with Gasteiger partial charge in [0.15, 0.2) is 11.5 Å². The number of likely N-dealkylation sites (tertiary alicyclic amines) is 1. The number of carbonyl (C=O) groups is 1. The first-order chi connectivity index (χ1) is 16.6. The number of hydrogen-bond donors (Lipinski definition) is 1. The van der Waals surface area contributed by atoms with E-state index in [1.54, 1.807) is 4.57 Å². The molecule has 34 heavy (non-hydrogen) atoms. The van der Waals surface area contributed by atoms with Gasteiger partial charge in [-0.25, -0.2) is 9.78 Å². The van der Waals surface area contributed by atoms with Crippen LogP contribution in [0.15, 0.2) is 53.5 Å². The van der Waals surface area contributed by atoms with E-state index in [-0.39, 0.29) is 11.6 Å². The van der Waals surface area contributed by atoms with Gasteiger partial charge in [-0.3, -0.25) is 4.79 Å². The molecular weight excluding hydrogens is 436 g/mol. The maximum atomic E-state index is 12.4. The fourth-order valence-corrected chi connectivity index (χ4v) is 4.78. The molecule has 0 radical (unpaired) electrons. The molecule has 1 N–H and O–H groups in total. The van der Waals surface area contributed by atoms with Gasteiger partial charge in [0.05, 0.1) is 17.2 Å². The number of carboxylic acid groups (broad SMARTS) is 1. The standard InChI is InChI=1S/C25H28N4O5/c30-24-16-26-20-3-1-2-4-21(20)28(24)12-11-27-9-7-19(8-10-27)29(25(31)32)17-18-5-6-22-23(15-18)34-14-13-33-22/h1-6,15-16,19H,7-14,17H2,(H,31,32). The minimum Gasteiger partial charge on any atom is -0.486 e. The number of para-hydroxylation sites is 2. The number of amides is 1. The maximum Gasteiger partial charge on any atom is 0.407 e. The van der Waals surface area contributed by atoms with Crippen molar-refractivity contribution in [2.75, 3.05) is 32.8 Å². The summed E-state index contributed by atoms with van der Waals surface area (Å²) in [5, 5.41) is 9.89. The van der Waals surface area contributed by atoms with Gasteiger partial charge in [-0.05, 0) is 42.7 Å². The predicted molar refractivity (Wildman–Crippen MR) is 126 cm³/mol. The van der Waals surface area contributed by atoms with Crippen LogP contribution in [0, 0.1) is 0 Å². The number of hydrogen-bond acceptors (Lipinski definition) is 6. The summed E-state index contributed by atoms with van der Waals surface area (Å²) in [6, 6.07) is 13.2. The number of piperidine rings is 1. The van der Waals surface area contributed by atoms with Crippen molar-refractivity contribution in [1.82, 2.24) is 19.4 Å². The molecule has 3 aromatic rings. The Morgan fingerprint density at radius 2 is 1.82 bits per heavy atom. The minimum atomic E-state index is -0.914. The minimum absolute atomic E-state index is 0.0496. The van der Waals surface area contributed by atoms with E-state index < -0.39 is 6.09 Å². The molecule has 2 aromatic carbocycles. The van der Waals surface area contributed by atoms with Gasteiger partial charge in [-0.15, -0.1) is 0 Å². The Hall–Kier alpha value is -3.59. The van der Waals surface area contributed by atoms with Gasteiger partial charge in [0.25, 0.3) is 5.56 Å². The van der Waals surface area contributed by atoms with Crippen molar-refractivity contribution in [2.24, 2.45) is 0 Å². The van der Waals surface area contributed by atoms with Gasteiger partial charge in [-0.2, -0.15) is 0 Å². The summed E-state index contributed by atoms with van der Waals surface area (Å²) in [7, 11) is 0. The summed E-state index contributed by atoms with van der Waals surface area (Å²) in [4.78, 5) is 32.5. The smallest absolute Gasteiger partial charge is 0.407 e. The van der Waals surface area contributed by atoms with Crippen LogP contribution in [0.2, 0.25) is 0 Å². The fourth-order valence-electron chi connectivity index (χ4n) is 4.78. The second-order valence-corrected chi connectivity index (χ2v) is 8.70. The van der Waals surface area contributed by atoms with Crippen molar-refractivity contribution < 1.29 is 19.4 Å². The van der Waals surface area contributed by atoms with Gasteiger partial charge in [0.1, 0.15) is 13.2 Å². The molecule has 2 aliphatic rings. The van der Waals surface area contributed by atoms with Crippen LogP contribution in [-0.2, 0) is 13.1 Å². The molecule has 9 nitrogen and oxygen atoms in total. The Labute approximate surface area is 197 Å². The Balaban J connectivity index is 1.20. The number of rotatable bonds is 6. The second kappa shape index (κ2) is 9.72. The topological polar surface area (TPSA) is 97.1 Å². The van der Waals surface area contributed by atoms with Crippen LogP contribution >= 0.6 is 0 Å². The lowest BCUT2D eigenvalue weighted by Gasteiger charge is -2.37. The number of ether oxygens (including phenoxy) is 2. The van der Waals surface area contributed by atoms with E-state index in [0.717, 1.165) is 49.1 Å². The van der Waals surface area contributed by atoms with Crippen molar-refractivity contribution in [3.05, 3.63) is 64.6 Å². The monoisotopic (exact) mass is 464 g/mol. The maximum absolute atomic E-state index is 12.4. The summed E-state index contributed by atoms with van der Waals surface area (Å²) in [5.41, 5.74) is 2.42. The van der Waals surface area contributed by atoms with Gasteiger partial charge >= 0.3 is 6.09 Å². The summed E-state index contributed by atoms with van der Waals surface area (Å²) in [5.74, 6) is 1.37. The van der Waals surface area contributed by atoms with E-state index in [1.165, 1.54) is 11.1 Å². The van der Waals surface area contributed by atoms with Crippen LogP contribution in [0.25, 0.3) is 11.0 Å². The lowest BCUT2D eigenvalue weighted by atomic mass is 10.0. The van der Waals surface area contributed by atoms with Crippen LogP contribution in [0.5, 0.6) is 11.5 Å². The zero-order valence-corrected chi connectivity index (χ0v) is 18.9. The quantitative estimate of drug-likeness (QED) is 0.599. The molecular formula is C25H28N4O5. The Morgan fingerprint density at radius 1 is 1.06 bits per heavy atom. The van der Waals surface area contributed by atoms with Crippen molar-refractivity contribution in [3.8, 4) is 11.5 Å². The molecule has 1 fully saturated rings. The van der Waals surface area contributed by atoms with Gasteiger partial charge in [-0.1, -0.05) is 18.2 Å². The molecule has 0 spiro atoms. The first-order valence-electron chi connectivity index (χ1n) is 11.6. The molecule has 3 heterocycles. The summed E-state index contributed by atoms with van der Waals surface area (Å²) in [6.45, 7) is 4.22. The molecule has 0 aliphatic carbocycles. The normalized spacial score (nSPS) is 16.5. The highest BCUT2D eigenvalue weighted by atomic mass is 16.6. The number of aromatic nitrogens is 2.